The lowest BCUT2D eigenvalue weighted by atomic mass is 9.43. The summed E-state index contributed by atoms with van der Waals surface area (Å²) < 4.78 is 6.91. The van der Waals surface area contributed by atoms with Crippen molar-refractivity contribution in [2.24, 2.45) is 0 Å². The first-order valence-corrected chi connectivity index (χ1v) is 28.9. The zero-order chi connectivity index (χ0) is 56.3. The normalized spacial score (nSPS) is 13.4. The molecule has 0 radical (unpaired) electrons. The third kappa shape index (κ3) is 9.12. The molecule has 2 aliphatic rings. The zero-order valence-electron chi connectivity index (χ0n) is 49.1. The van der Waals surface area contributed by atoms with E-state index < -0.39 is 0 Å². The van der Waals surface area contributed by atoms with Crippen molar-refractivity contribution in [3.63, 3.8) is 0 Å². The lowest BCUT2D eigenvalue weighted by molar-refractivity contribution is 0.590. The van der Waals surface area contributed by atoms with Gasteiger partial charge in [0.15, 0.2) is 0 Å². The highest BCUT2D eigenvalue weighted by Crippen LogP contribution is 2.53. The first kappa shape index (κ1) is 51.9. The number of fused-ring (bicyclic) bond motifs is 7. The third-order valence-corrected chi connectivity index (χ3v) is 17.1. The molecule has 0 N–H and O–H groups in total. The lowest BCUT2D eigenvalue weighted by Gasteiger charge is -2.46. The molecule has 4 nitrogen and oxygen atoms in total. The number of nitrogens with zero attached hydrogens (tertiary/aromatic N) is 3. The van der Waals surface area contributed by atoms with Crippen LogP contribution in [0.3, 0.4) is 0 Å². The van der Waals surface area contributed by atoms with E-state index in [-0.39, 0.29) is 28.5 Å². The van der Waals surface area contributed by atoms with Gasteiger partial charge < -0.3 is 19.0 Å². The molecule has 0 bridgehead atoms. The Hall–Kier alpha value is -8.54. The van der Waals surface area contributed by atoms with Crippen LogP contribution < -0.4 is 25.5 Å². The average molecular weight is 1050 g/mol. The molecule has 0 fully saturated rings. The Morgan fingerprint density at radius 2 is 0.864 bits per heavy atom. The minimum absolute atomic E-state index is 0.0106. The van der Waals surface area contributed by atoms with Gasteiger partial charge in [-0.3, -0.25) is 0 Å². The van der Waals surface area contributed by atoms with Crippen LogP contribution >= 0.6 is 0 Å². The van der Waals surface area contributed by atoms with Crippen molar-refractivity contribution in [2.75, 3.05) is 14.6 Å². The van der Waals surface area contributed by atoms with Gasteiger partial charge in [-0.2, -0.15) is 0 Å². The summed E-state index contributed by atoms with van der Waals surface area (Å²) in [5, 5.41) is 2.20. The number of hydrogen-bond donors (Lipinski definition) is 0. The van der Waals surface area contributed by atoms with Gasteiger partial charge in [-0.25, -0.2) is 0 Å². The van der Waals surface area contributed by atoms with E-state index in [0.717, 1.165) is 73.0 Å². The predicted octanol–water partition coefficient (Wildman–Crippen LogP) is 20.3. The Kier molecular flexibility index (Phi) is 12.2. The Balaban J connectivity index is 1.15. The van der Waals surface area contributed by atoms with E-state index in [1.165, 1.54) is 61.0 Å². The van der Waals surface area contributed by atoms with Gasteiger partial charge in [0.2, 0.25) is 0 Å². The van der Waals surface area contributed by atoms with Crippen molar-refractivity contribution in [1.29, 1.82) is 0 Å². The molecule has 0 saturated heterocycles. The second kappa shape index (κ2) is 19.1. The second-order valence-electron chi connectivity index (χ2n) is 26.7. The van der Waals surface area contributed by atoms with Gasteiger partial charge in [0.25, 0.3) is 0 Å². The second-order valence-corrected chi connectivity index (χ2v) is 26.7. The molecule has 11 aromatic rings. The highest BCUT2D eigenvalue weighted by molar-refractivity contribution is 6.93. The monoisotopic (exact) mass is 1050 g/mol. The standard InChI is InChI=1S/C76H72BN3O/c1-73(2,3)52-27-34-56(35-28-52)78(57-36-29-53(30-37-57)74(4,5)6)59-40-42-67-62(46-59)64-43-51(49-21-15-13-16-22-49)44-69-72(64)77(80(67)58-38-31-54(32-39-58)75(7,8)9)65-48-71-63(60-25-19-20-26-70(60)81-71)47-68(65)79(69)66-41-33-55(76(10,11)12)45-61(66)50-23-17-14-18-24-50/h13-48H,1-12H3. The van der Waals surface area contributed by atoms with Crippen molar-refractivity contribution in [2.45, 2.75) is 105 Å². The van der Waals surface area contributed by atoms with Crippen molar-refractivity contribution < 1.29 is 4.42 Å². The molecule has 0 aliphatic carbocycles. The maximum atomic E-state index is 6.91. The first-order chi connectivity index (χ1) is 38.7. The zero-order valence-corrected chi connectivity index (χ0v) is 49.1. The molecule has 0 atom stereocenters. The minimum atomic E-state index is -0.248. The molecule has 0 saturated carbocycles. The predicted molar refractivity (Wildman–Crippen MR) is 348 cm³/mol. The van der Waals surface area contributed by atoms with E-state index in [9.17, 15) is 0 Å². The molecule has 0 unspecified atom stereocenters. The van der Waals surface area contributed by atoms with Crippen LogP contribution in [0.2, 0.25) is 0 Å². The van der Waals surface area contributed by atoms with E-state index >= 15 is 0 Å². The van der Waals surface area contributed by atoms with Crippen molar-refractivity contribution in [3.05, 3.63) is 241 Å². The van der Waals surface area contributed by atoms with Gasteiger partial charge >= 0.3 is 6.85 Å². The van der Waals surface area contributed by atoms with Gasteiger partial charge in [0.1, 0.15) is 11.2 Å². The topological polar surface area (TPSA) is 22.9 Å². The molecule has 5 heteroatoms. The first-order valence-electron chi connectivity index (χ1n) is 28.9. The Morgan fingerprint density at radius 1 is 0.346 bits per heavy atom. The minimum Gasteiger partial charge on any atom is -0.456 e. The molecule has 3 heterocycles. The SMILES string of the molecule is CC(C)(C)c1ccc(N2B3c4cc5oc6ccccc6c5cc4N(c4ccc(C(C)(C)C)cc4-c4ccccc4)c4cc(-c5ccccc5)cc(c43)-c3cc(N(c4ccc(C(C)(C)C)cc4)c4ccc(C(C)(C)C)cc4)ccc32)cc1. The Morgan fingerprint density at radius 3 is 1.46 bits per heavy atom. The van der Waals surface area contributed by atoms with Gasteiger partial charge in [-0.05, 0) is 174 Å². The summed E-state index contributed by atoms with van der Waals surface area (Å²) in [5.74, 6) is 0. The molecule has 1 aromatic heterocycles. The summed E-state index contributed by atoms with van der Waals surface area (Å²) in [4.78, 5) is 7.68. The molecule has 13 rings (SSSR count). The van der Waals surface area contributed by atoms with Gasteiger partial charge in [-0.15, -0.1) is 0 Å². The van der Waals surface area contributed by atoms with Crippen LogP contribution in [0.1, 0.15) is 105 Å². The maximum absolute atomic E-state index is 6.91. The van der Waals surface area contributed by atoms with E-state index in [1.54, 1.807) is 0 Å². The van der Waals surface area contributed by atoms with E-state index in [0.29, 0.717) is 0 Å². The number of anilines is 8. The lowest BCUT2D eigenvalue weighted by Crippen LogP contribution is -2.61. The summed E-state index contributed by atoms with van der Waals surface area (Å²) in [6, 6.07) is 82.4. The van der Waals surface area contributed by atoms with Crippen LogP contribution in [-0.4, -0.2) is 6.85 Å². The number of rotatable bonds is 7. The maximum Gasteiger partial charge on any atom is 0.333 e. The van der Waals surface area contributed by atoms with Gasteiger partial charge in [0, 0.05) is 61.7 Å². The van der Waals surface area contributed by atoms with Crippen LogP contribution in [0.15, 0.2) is 223 Å². The number of hydrogen-bond acceptors (Lipinski definition) is 4. The van der Waals surface area contributed by atoms with Gasteiger partial charge in [0.05, 0.1) is 5.69 Å². The molecule has 0 spiro atoms. The van der Waals surface area contributed by atoms with Crippen molar-refractivity contribution in [3.8, 4) is 33.4 Å². The smallest absolute Gasteiger partial charge is 0.333 e. The average Bonchev–Trinajstić information content (AvgIpc) is 3.28. The highest BCUT2D eigenvalue weighted by Gasteiger charge is 2.46. The molecular weight excluding hydrogens is 982 g/mol. The molecular formula is C76H72BN3O. The fraction of sp³-hybridized carbons (Fsp3) is 0.211. The molecule has 10 aromatic carbocycles. The summed E-state index contributed by atoms with van der Waals surface area (Å²) in [6.45, 7) is 27.3. The van der Waals surface area contributed by atoms with E-state index in [1.807, 2.05) is 0 Å². The summed E-state index contributed by atoms with van der Waals surface area (Å²) in [5.41, 5.74) is 25.3. The summed E-state index contributed by atoms with van der Waals surface area (Å²) in [6.07, 6.45) is 0. The molecule has 81 heavy (non-hydrogen) atoms. The van der Waals surface area contributed by atoms with Crippen molar-refractivity contribution >= 4 is 85.2 Å². The fourth-order valence-electron chi connectivity index (χ4n) is 12.5. The molecule has 0 amide bonds. The Labute approximate surface area is 480 Å². The van der Waals surface area contributed by atoms with Crippen LogP contribution in [0.25, 0.3) is 55.3 Å². The van der Waals surface area contributed by atoms with Crippen LogP contribution in [0.5, 0.6) is 0 Å². The third-order valence-electron chi connectivity index (χ3n) is 17.1. The van der Waals surface area contributed by atoms with Crippen LogP contribution in [-0.2, 0) is 21.7 Å². The molecule has 2 aliphatic heterocycles. The summed E-state index contributed by atoms with van der Waals surface area (Å²) >= 11 is 0. The van der Waals surface area contributed by atoms with E-state index in [4.69, 9.17) is 4.42 Å². The molecule has 400 valence electrons. The van der Waals surface area contributed by atoms with Crippen LogP contribution in [0, 0.1) is 0 Å². The largest absolute Gasteiger partial charge is 0.456 e. The Bertz CT molecular complexity index is 4130. The number of para-hydroxylation sites is 1. The number of benzene rings is 10. The van der Waals surface area contributed by atoms with Crippen molar-refractivity contribution in [1.82, 2.24) is 0 Å². The fourth-order valence-corrected chi connectivity index (χ4v) is 12.5. The summed E-state index contributed by atoms with van der Waals surface area (Å²) in [7, 11) is 0. The highest BCUT2D eigenvalue weighted by atomic mass is 16.3. The number of furan rings is 1. The van der Waals surface area contributed by atoms with E-state index in [2.05, 4.69) is 316 Å². The van der Waals surface area contributed by atoms with Crippen LogP contribution in [0.4, 0.5) is 45.5 Å². The quantitative estimate of drug-likeness (QED) is 0.148. The van der Waals surface area contributed by atoms with Gasteiger partial charge in [-0.1, -0.05) is 204 Å².